The van der Waals surface area contributed by atoms with Gasteiger partial charge in [0.1, 0.15) is 17.3 Å². The molecule has 0 amide bonds. The molecule has 0 aliphatic heterocycles. The van der Waals surface area contributed by atoms with Gasteiger partial charge in [0.05, 0.1) is 11.0 Å². The minimum atomic E-state index is -4.74. The largest absolute Gasteiger partial charge is 0.433 e. The van der Waals surface area contributed by atoms with Crippen LogP contribution in [0.5, 0.6) is 0 Å². The lowest BCUT2D eigenvalue weighted by Gasteiger charge is -2.15. The van der Waals surface area contributed by atoms with Gasteiger partial charge in [0.2, 0.25) is 5.95 Å². The third-order valence-electron chi connectivity index (χ3n) is 3.42. The summed E-state index contributed by atoms with van der Waals surface area (Å²) >= 11 is 0. The summed E-state index contributed by atoms with van der Waals surface area (Å²) in [5, 5.41) is 16.2. The fraction of sp³-hybridized carbons (Fsp3) is 0.333. The summed E-state index contributed by atoms with van der Waals surface area (Å²) in [7, 11) is 0. The van der Waals surface area contributed by atoms with Crippen molar-refractivity contribution >= 4 is 23.1 Å². The Kier molecular flexibility index (Phi) is 5.58. The summed E-state index contributed by atoms with van der Waals surface area (Å²) in [6, 6.07) is 3.08. The zero-order valence-corrected chi connectivity index (χ0v) is 13.8. The number of anilines is 3. The van der Waals surface area contributed by atoms with Gasteiger partial charge in [-0.3, -0.25) is 10.1 Å². The van der Waals surface area contributed by atoms with E-state index >= 15 is 0 Å². The second-order valence-electron chi connectivity index (χ2n) is 5.46. The molecule has 1 aromatic heterocycles. The maximum absolute atomic E-state index is 13.2. The quantitative estimate of drug-likeness (QED) is 0.440. The number of hydrogen-bond donors (Lipinski definition) is 2. The number of hydrogen-bond acceptors (Lipinski definition) is 6. The molecule has 0 aliphatic carbocycles. The Morgan fingerprint density at radius 2 is 1.96 bits per heavy atom. The van der Waals surface area contributed by atoms with Gasteiger partial charge >= 0.3 is 6.18 Å². The predicted molar refractivity (Wildman–Crippen MR) is 86.7 cm³/mol. The van der Waals surface area contributed by atoms with Crippen LogP contribution in [0.2, 0.25) is 0 Å². The van der Waals surface area contributed by atoms with E-state index in [4.69, 9.17) is 0 Å². The van der Waals surface area contributed by atoms with Crippen LogP contribution >= 0.6 is 0 Å². The average Bonchev–Trinajstić information content (AvgIpc) is 2.55. The Morgan fingerprint density at radius 1 is 1.27 bits per heavy atom. The summed E-state index contributed by atoms with van der Waals surface area (Å²) in [4.78, 5) is 17.5. The van der Waals surface area contributed by atoms with Crippen LogP contribution in [0, 0.1) is 15.9 Å². The van der Waals surface area contributed by atoms with Crippen molar-refractivity contribution < 1.29 is 22.5 Å². The Hall–Kier alpha value is -2.98. The summed E-state index contributed by atoms with van der Waals surface area (Å²) < 4.78 is 52.4. The molecule has 2 rings (SSSR count). The molecule has 0 unspecified atom stereocenters. The molecule has 0 fully saturated rings. The van der Waals surface area contributed by atoms with Crippen LogP contribution in [0.15, 0.2) is 24.3 Å². The van der Waals surface area contributed by atoms with Crippen molar-refractivity contribution in [2.45, 2.75) is 32.5 Å². The Bertz CT molecular complexity index is 813. The monoisotopic (exact) mass is 373 g/mol. The minimum Gasteiger partial charge on any atom is -0.352 e. The summed E-state index contributed by atoms with van der Waals surface area (Å²) in [6.45, 7) is 3.56. The third kappa shape index (κ3) is 4.77. The van der Waals surface area contributed by atoms with E-state index < -0.39 is 28.3 Å². The molecule has 1 heterocycles. The maximum Gasteiger partial charge on any atom is 0.433 e. The molecule has 2 aromatic rings. The number of rotatable bonds is 6. The fourth-order valence-corrected chi connectivity index (χ4v) is 1.94. The average molecular weight is 373 g/mol. The molecule has 140 valence electrons. The second kappa shape index (κ2) is 7.50. The lowest BCUT2D eigenvalue weighted by molar-refractivity contribution is -0.384. The highest BCUT2D eigenvalue weighted by Crippen LogP contribution is 2.32. The Morgan fingerprint density at radius 3 is 2.54 bits per heavy atom. The van der Waals surface area contributed by atoms with E-state index in [1.165, 1.54) is 0 Å². The van der Waals surface area contributed by atoms with E-state index in [9.17, 15) is 27.7 Å². The van der Waals surface area contributed by atoms with Crippen molar-refractivity contribution in [3.05, 3.63) is 45.9 Å². The van der Waals surface area contributed by atoms with Crippen LogP contribution in [0.1, 0.15) is 26.0 Å². The first kappa shape index (κ1) is 19.3. The van der Waals surface area contributed by atoms with Crippen LogP contribution in [0.25, 0.3) is 0 Å². The summed E-state index contributed by atoms with van der Waals surface area (Å²) in [5.41, 5.74) is -2.04. The van der Waals surface area contributed by atoms with Gasteiger partial charge in [-0.25, -0.2) is 9.37 Å². The molecule has 1 atom stereocenters. The number of nitro benzene ring substituents is 1. The van der Waals surface area contributed by atoms with Crippen LogP contribution in [0.4, 0.5) is 40.7 Å². The molecule has 2 N–H and O–H groups in total. The van der Waals surface area contributed by atoms with Crippen LogP contribution in [-0.4, -0.2) is 20.9 Å². The van der Waals surface area contributed by atoms with Crippen molar-refractivity contribution in [1.29, 1.82) is 0 Å². The van der Waals surface area contributed by atoms with Crippen molar-refractivity contribution in [2.24, 2.45) is 0 Å². The topological polar surface area (TPSA) is 93.0 Å². The first-order valence-electron chi connectivity index (χ1n) is 7.54. The molecule has 0 bridgehead atoms. The number of aromatic nitrogens is 2. The van der Waals surface area contributed by atoms with Gasteiger partial charge in [0.25, 0.3) is 5.69 Å². The normalized spacial score (nSPS) is 12.5. The number of halogens is 4. The lowest BCUT2D eigenvalue weighted by atomic mass is 10.2. The van der Waals surface area contributed by atoms with Crippen molar-refractivity contribution in [1.82, 2.24) is 9.97 Å². The second-order valence-corrected chi connectivity index (χ2v) is 5.46. The Balaban J connectivity index is 2.46. The van der Waals surface area contributed by atoms with Crippen LogP contribution < -0.4 is 10.6 Å². The minimum absolute atomic E-state index is 0.188. The molecular weight excluding hydrogens is 358 g/mol. The van der Waals surface area contributed by atoms with Crippen molar-refractivity contribution in [3.63, 3.8) is 0 Å². The van der Waals surface area contributed by atoms with E-state index in [1.807, 2.05) is 6.92 Å². The van der Waals surface area contributed by atoms with Crippen molar-refractivity contribution in [3.8, 4) is 0 Å². The molecule has 0 aliphatic rings. The number of benzene rings is 1. The SMILES string of the molecule is CC[C@H](C)Nc1nc(Nc2ccc(F)cc2[N+](=O)[O-])cc(C(F)(F)F)n1. The Labute approximate surface area is 145 Å². The van der Waals surface area contributed by atoms with Crippen LogP contribution in [0.3, 0.4) is 0 Å². The van der Waals surface area contributed by atoms with Crippen LogP contribution in [-0.2, 0) is 6.18 Å². The van der Waals surface area contributed by atoms with Gasteiger partial charge < -0.3 is 10.6 Å². The molecule has 26 heavy (non-hydrogen) atoms. The van der Waals surface area contributed by atoms with Gasteiger partial charge in [-0.2, -0.15) is 18.2 Å². The molecule has 7 nitrogen and oxygen atoms in total. The first-order valence-corrected chi connectivity index (χ1v) is 7.54. The van der Waals surface area contributed by atoms with E-state index in [1.54, 1.807) is 6.92 Å². The molecule has 0 saturated carbocycles. The highest BCUT2D eigenvalue weighted by Gasteiger charge is 2.34. The number of alkyl halides is 3. The van der Waals surface area contributed by atoms with E-state index in [0.29, 0.717) is 18.6 Å². The molecule has 1 aromatic carbocycles. The molecule has 0 saturated heterocycles. The van der Waals surface area contributed by atoms with E-state index in [2.05, 4.69) is 20.6 Å². The van der Waals surface area contributed by atoms with Gasteiger partial charge in [0, 0.05) is 12.1 Å². The number of nitrogens with zero attached hydrogens (tertiary/aromatic N) is 3. The zero-order chi connectivity index (χ0) is 19.5. The van der Waals surface area contributed by atoms with Gasteiger partial charge in [-0.15, -0.1) is 0 Å². The standard InChI is InChI=1S/C15H15F4N5O2/c1-3-8(2)20-14-22-12(15(17,18)19)7-13(23-14)21-10-5-4-9(16)6-11(10)24(25)26/h4-8H,3H2,1-2H3,(H2,20,21,22,23)/t8-/m0/s1. The molecular formula is C15H15F4N5O2. The van der Waals surface area contributed by atoms with Gasteiger partial charge in [0.15, 0.2) is 5.69 Å². The fourth-order valence-electron chi connectivity index (χ4n) is 1.94. The molecule has 11 heteroatoms. The number of nitro groups is 1. The highest BCUT2D eigenvalue weighted by atomic mass is 19.4. The lowest BCUT2D eigenvalue weighted by Crippen LogP contribution is -2.18. The third-order valence-corrected chi connectivity index (χ3v) is 3.42. The first-order chi connectivity index (χ1) is 12.1. The number of nitrogens with one attached hydrogen (secondary N) is 2. The maximum atomic E-state index is 13.2. The molecule has 0 spiro atoms. The zero-order valence-electron chi connectivity index (χ0n) is 13.8. The predicted octanol–water partition coefficient (Wildman–Crippen LogP) is 4.50. The summed E-state index contributed by atoms with van der Waals surface area (Å²) in [6.07, 6.45) is -4.12. The smallest absolute Gasteiger partial charge is 0.352 e. The molecule has 0 radical (unpaired) electrons. The van der Waals surface area contributed by atoms with E-state index in [0.717, 1.165) is 12.1 Å². The summed E-state index contributed by atoms with van der Waals surface area (Å²) in [5.74, 6) is -1.44. The van der Waals surface area contributed by atoms with Gasteiger partial charge in [-0.1, -0.05) is 6.92 Å². The highest BCUT2D eigenvalue weighted by molar-refractivity contribution is 5.68. The van der Waals surface area contributed by atoms with E-state index in [-0.39, 0.29) is 23.5 Å². The van der Waals surface area contributed by atoms with Crippen molar-refractivity contribution in [2.75, 3.05) is 10.6 Å². The van der Waals surface area contributed by atoms with Gasteiger partial charge in [-0.05, 0) is 25.5 Å².